The molecule has 5 nitrogen and oxygen atoms in total. The fraction of sp³-hybridized carbons (Fsp3) is 0.278. The predicted octanol–water partition coefficient (Wildman–Crippen LogP) is 3.91. The lowest BCUT2D eigenvalue weighted by atomic mass is 10.2. The Morgan fingerprint density at radius 2 is 1.81 bits per heavy atom. The average molecular weight is 397 g/mol. The Morgan fingerprint density at radius 3 is 2.50 bits per heavy atom. The van der Waals surface area contributed by atoms with Crippen molar-refractivity contribution < 1.29 is 17.6 Å². The fourth-order valence-corrected chi connectivity index (χ4v) is 4.56. The predicted molar refractivity (Wildman–Crippen MR) is 98.4 cm³/mol. The molecule has 0 aromatic heterocycles. The highest BCUT2D eigenvalue weighted by Crippen LogP contribution is 2.23. The second-order valence-electron chi connectivity index (χ2n) is 6.07. The summed E-state index contributed by atoms with van der Waals surface area (Å²) in [6, 6.07) is 9.66. The Morgan fingerprint density at radius 1 is 1.08 bits per heavy atom. The van der Waals surface area contributed by atoms with Gasteiger partial charge >= 0.3 is 0 Å². The van der Waals surface area contributed by atoms with E-state index in [9.17, 15) is 17.6 Å². The lowest BCUT2D eigenvalue weighted by molar-refractivity contribution is 0.102. The molecule has 0 aliphatic carbocycles. The lowest BCUT2D eigenvalue weighted by Gasteiger charge is -2.26. The van der Waals surface area contributed by atoms with E-state index in [4.69, 9.17) is 11.6 Å². The molecule has 3 rings (SSSR count). The maximum atomic E-state index is 13.8. The Balaban J connectivity index is 1.83. The number of hydrogen-bond donors (Lipinski definition) is 1. The summed E-state index contributed by atoms with van der Waals surface area (Å²) in [6.45, 7) is 0.962. The van der Waals surface area contributed by atoms with Crippen LogP contribution in [0.2, 0.25) is 5.02 Å². The van der Waals surface area contributed by atoms with Gasteiger partial charge in [-0.15, -0.1) is 0 Å². The highest BCUT2D eigenvalue weighted by molar-refractivity contribution is 7.89. The van der Waals surface area contributed by atoms with E-state index in [1.165, 1.54) is 40.7 Å². The fourth-order valence-electron chi connectivity index (χ4n) is 2.84. The normalized spacial score (nSPS) is 15.6. The van der Waals surface area contributed by atoms with Crippen LogP contribution in [0.1, 0.15) is 29.6 Å². The molecule has 1 aliphatic heterocycles. The second-order valence-corrected chi connectivity index (χ2v) is 8.45. The summed E-state index contributed by atoms with van der Waals surface area (Å²) in [5.74, 6) is -1.26. The zero-order chi connectivity index (χ0) is 18.7. The molecule has 0 radical (unpaired) electrons. The summed E-state index contributed by atoms with van der Waals surface area (Å²) in [6.07, 6.45) is 2.67. The molecule has 0 unspecified atom stereocenters. The average Bonchev–Trinajstić information content (AvgIpc) is 2.65. The zero-order valence-electron chi connectivity index (χ0n) is 13.9. The quantitative estimate of drug-likeness (QED) is 0.852. The summed E-state index contributed by atoms with van der Waals surface area (Å²) in [5.41, 5.74) is 0.112. The van der Waals surface area contributed by atoms with Gasteiger partial charge in [0.25, 0.3) is 5.91 Å². The van der Waals surface area contributed by atoms with E-state index in [1.54, 1.807) is 0 Å². The van der Waals surface area contributed by atoms with E-state index in [1.807, 2.05) is 0 Å². The Kier molecular flexibility index (Phi) is 5.60. The molecule has 1 fully saturated rings. The number of hydrogen-bond acceptors (Lipinski definition) is 3. The van der Waals surface area contributed by atoms with Crippen LogP contribution in [0.4, 0.5) is 10.1 Å². The molecule has 26 heavy (non-hydrogen) atoms. The first-order chi connectivity index (χ1) is 12.4. The van der Waals surface area contributed by atoms with Crippen molar-refractivity contribution in [1.29, 1.82) is 0 Å². The van der Waals surface area contributed by atoms with Crippen molar-refractivity contribution in [2.45, 2.75) is 24.2 Å². The molecule has 0 bridgehead atoms. The highest BCUT2D eigenvalue weighted by atomic mass is 35.5. The van der Waals surface area contributed by atoms with Gasteiger partial charge in [-0.2, -0.15) is 4.31 Å². The number of nitrogens with one attached hydrogen (secondary N) is 1. The number of sulfonamides is 1. The van der Waals surface area contributed by atoms with Crippen molar-refractivity contribution in [3.63, 3.8) is 0 Å². The molecule has 2 aromatic rings. The molecule has 1 saturated heterocycles. The van der Waals surface area contributed by atoms with Gasteiger partial charge in [0.15, 0.2) is 0 Å². The minimum atomic E-state index is -3.64. The molecule has 138 valence electrons. The largest absolute Gasteiger partial charge is 0.319 e. The summed E-state index contributed by atoms with van der Waals surface area (Å²) < 4.78 is 40.7. The van der Waals surface area contributed by atoms with Gasteiger partial charge in [0.2, 0.25) is 10.0 Å². The topological polar surface area (TPSA) is 66.5 Å². The van der Waals surface area contributed by atoms with Crippen molar-refractivity contribution in [2.24, 2.45) is 0 Å². The molecule has 1 heterocycles. The molecular formula is C18H18ClFN2O3S. The van der Waals surface area contributed by atoms with Crippen molar-refractivity contribution in [2.75, 3.05) is 18.4 Å². The van der Waals surface area contributed by atoms with E-state index in [0.717, 1.165) is 25.3 Å². The standard InChI is InChI=1S/C18H18ClFN2O3S/c19-14-7-8-17(16(20)12-14)21-18(23)13-5-4-6-15(11-13)26(24,25)22-9-2-1-3-10-22/h4-8,11-12H,1-3,9-10H2,(H,21,23). The number of nitrogens with zero attached hydrogens (tertiary/aromatic N) is 1. The van der Waals surface area contributed by atoms with Crippen LogP contribution in [-0.4, -0.2) is 31.7 Å². The van der Waals surface area contributed by atoms with E-state index < -0.39 is 21.7 Å². The maximum absolute atomic E-state index is 13.8. The molecule has 1 aliphatic rings. The molecule has 1 amide bonds. The number of carbonyl (C=O) groups excluding carboxylic acids is 1. The van der Waals surface area contributed by atoms with E-state index >= 15 is 0 Å². The van der Waals surface area contributed by atoms with Crippen molar-refractivity contribution in [3.05, 3.63) is 58.9 Å². The monoisotopic (exact) mass is 396 g/mol. The molecular weight excluding hydrogens is 379 g/mol. The van der Waals surface area contributed by atoms with Crippen LogP contribution in [0.5, 0.6) is 0 Å². The number of rotatable bonds is 4. The molecule has 8 heteroatoms. The van der Waals surface area contributed by atoms with Gasteiger partial charge in [-0.25, -0.2) is 12.8 Å². The number of carbonyl (C=O) groups is 1. The van der Waals surface area contributed by atoms with Crippen LogP contribution >= 0.6 is 11.6 Å². The van der Waals surface area contributed by atoms with Gasteiger partial charge in [0.05, 0.1) is 10.6 Å². The van der Waals surface area contributed by atoms with Crippen LogP contribution in [0.15, 0.2) is 47.4 Å². The van der Waals surface area contributed by atoms with Crippen LogP contribution in [0.3, 0.4) is 0 Å². The third-order valence-electron chi connectivity index (χ3n) is 4.23. The molecule has 0 spiro atoms. The first kappa shape index (κ1) is 18.8. The zero-order valence-corrected chi connectivity index (χ0v) is 15.5. The number of benzene rings is 2. The van der Waals surface area contributed by atoms with Gasteiger partial charge in [0, 0.05) is 23.7 Å². The lowest BCUT2D eigenvalue weighted by Crippen LogP contribution is -2.35. The van der Waals surface area contributed by atoms with Crippen molar-refractivity contribution in [1.82, 2.24) is 4.31 Å². The van der Waals surface area contributed by atoms with E-state index in [0.29, 0.717) is 13.1 Å². The van der Waals surface area contributed by atoms with Gasteiger partial charge in [-0.1, -0.05) is 24.1 Å². The van der Waals surface area contributed by atoms with Crippen LogP contribution in [-0.2, 0) is 10.0 Å². The number of piperidine rings is 1. The molecule has 0 atom stereocenters. The van der Waals surface area contributed by atoms with Crippen LogP contribution in [0, 0.1) is 5.82 Å². The smallest absolute Gasteiger partial charge is 0.255 e. The van der Waals surface area contributed by atoms with E-state index in [2.05, 4.69) is 5.32 Å². The minimum absolute atomic E-state index is 0.0244. The first-order valence-electron chi connectivity index (χ1n) is 8.24. The third kappa shape index (κ3) is 4.06. The summed E-state index contributed by atoms with van der Waals surface area (Å²) in [5, 5.41) is 2.65. The number of halogens is 2. The maximum Gasteiger partial charge on any atom is 0.255 e. The summed E-state index contributed by atoms with van der Waals surface area (Å²) in [7, 11) is -3.64. The van der Waals surface area contributed by atoms with Gasteiger partial charge < -0.3 is 5.32 Å². The Bertz CT molecular complexity index is 928. The summed E-state index contributed by atoms with van der Waals surface area (Å²) >= 11 is 5.69. The van der Waals surface area contributed by atoms with Crippen LogP contribution < -0.4 is 5.32 Å². The number of anilines is 1. The molecule has 0 saturated carbocycles. The Labute approximate surface area is 156 Å². The highest BCUT2D eigenvalue weighted by Gasteiger charge is 2.26. The third-order valence-corrected chi connectivity index (χ3v) is 6.36. The second kappa shape index (κ2) is 7.73. The van der Waals surface area contributed by atoms with Crippen molar-refractivity contribution >= 4 is 33.2 Å². The van der Waals surface area contributed by atoms with Gasteiger partial charge in [-0.05, 0) is 49.2 Å². The minimum Gasteiger partial charge on any atom is -0.319 e. The SMILES string of the molecule is O=C(Nc1ccc(Cl)cc1F)c1cccc(S(=O)(=O)N2CCCCC2)c1. The Hall–Kier alpha value is -1.96. The molecule has 2 aromatic carbocycles. The van der Waals surface area contributed by atoms with Crippen LogP contribution in [0.25, 0.3) is 0 Å². The van der Waals surface area contributed by atoms with E-state index in [-0.39, 0.29) is 21.2 Å². The van der Waals surface area contributed by atoms with Gasteiger partial charge in [0.1, 0.15) is 5.82 Å². The summed E-state index contributed by atoms with van der Waals surface area (Å²) in [4.78, 5) is 12.4. The number of amides is 1. The van der Waals surface area contributed by atoms with Crippen molar-refractivity contribution in [3.8, 4) is 0 Å². The first-order valence-corrected chi connectivity index (χ1v) is 10.1. The molecule has 1 N–H and O–H groups in total. The van der Waals surface area contributed by atoms with Gasteiger partial charge in [-0.3, -0.25) is 4.79 Å².